The molecule has 0 atom stereocenters. The number of hydrogen-bond donors (Lipinski definition) is 1. The summed E-state index contributed by atoms with van der Waals surface area (Å²) in [5, 5.41) is 5.86. The number of fused-ring (bicyclic) bond motifs is 2. The molecule has 1 fully saturated rings. The molecule has 0 unspecified atom stereocenters. The van der Waals surface area contributed by atoms with Crippen LogP contribution in [0.15, 0.2) is 42.6 Å². The van der Waals surface area contributed by atoms with Crippen molar-refractivity contribution < 1.29 is 4.79 Å². The lowest BCUT2D eigenvalue weighted by atomic mass is 9.87. The molecule has 0 spiro atoms. The number of H-pyrrole nitrogens is 1. The summed E-state index contributed by atoms with van der Waals surface area (Å²) in [7, 11) is 0. The zero-order valence-electron chi connectivity index (χ0n) is 20.2. The zero-order chi connectivity index (χ0) is 23.1. The molecule has 1 aromatic carbocycles. The van der Waals surface area contributed by atoms with Gasteiger partial charge in [0.05, 0.1) is 23.4 Å². The molecule has 0 saturated carbocycles. The van der Waals surface area contributed by atoms with Crippen LogP contribution in [0.3, 0.4) is 0 Å². The number of nitrogens with one attached hydrogen (secondary N) is 1. The molecular formula is C28H34N4O. The number of ketones is 1. The summed E-state index contributed by atoms with van der Waals surface area (Å²) in [6.45, 7) is 11.2. The van der Waals surface area contributed by atoms with Gasteiger partial charge in [0.1, 0.15) is 5.78 Å². The summed E-state index contributed by atoms with van der Waals surface area (Å²) >= 11 is 0. The maximum absolute atomic E-state index is 11.8. The van der Waals surface area contributed by atoms with Gasteiger partial charge in [0, 0.05) is 29.1 Å². The van der Waals surface area contributed by atoms with Gasteiger partial charge in [-0.15, -0.1) is 0 Å². The van der Waals surface area contributed by atoms with Crippen LogP contribution in [0.25, 0.3) is 27.7 Å². The van der Waals surface area contributed by atoms with E-state index >= 15 is 0 Å². The number of aromatic nitrogens is 3. The van der Waals surface area contributed by atoms with Crippen molar-refractivity contribution in [2.24, 2.45) is 0 Å². The van der Waals surface area contributed by atoms with E-state index in [2.05, 4.69) is 71.4 Å². The second-order valence-corrected chi connectivity index (χ2v) is 9.89. The van der Waals surface area contributed by atoms with Crippen molar-refractivity contribution in [3.05, 3.63) is 59.4 Å². The second-order valence-electron chi connectivity index (χ2n) is 9.89. The van der Waals surface area contributed by atoms with Gasteiger partial charge in [-0.2, -0.15) is 5.10 Å². The summed E-state index contributed by atoms with van der Waals surface area (Å²) in [6.07, 6.45) is 4.93. The Bertz CT molecular complexity index is 1300. The van der Waals surface area contributed by atoms with Gasteiger partial charge in [0.2, 0.25) is 0 Å². The molecule has 5 rings (SSSR count). The van der Waals surface area contributed by atoms with Gasteiger partial charge in [-0.1, -0.05) is 26.8 Å². The van der Waals surface area contributed by atoms with E-state index in [1.807, 2.05) is 18.4 Å². The predicted octanol–water partition coefficient (Wildman–Crippen LogP) is 6.07. The first-order valence-corrected chi connectivity index (χ1v) is 12.3. The van der Waals surface area contributed by atoms with Crippen molar-refractivity contribution >= 4 is 22.2 Å². The van der Waals surface area contributed by atoms with Crippen molar-refractivity contribution in [1.82, 2.24) is 19.5 Å². The average molecular weight is 443 g/mol. The Kier molecular flexibility index (Phi) is 5.83. The Labute approximate surface area is 195 Å². The first-order chi connectivity index (χ1) is 15.9. The molecule has 172 valence electrons. The van der Waals surface area contributed by atoms with Gasteiger partial charge in [-0.25, -0.2) is 4.52 Å². The number of pyridine rings is 1. The molecule has 0 amide bonds. The molecule has 3 aromatic heterocycles. The minimum atomic E-state index is 0.348. The first kappa shape index (κ1) is 21.9. The first-order valence-electron chi connectivity index (χ1n) is 12.3. The quantitative estimate of drug-likeness (QED) is 0.394. The molecule has 1 N–H and O–H groups in total. The van der Waals surface area contributed by atoms with Crippen LogP contribution < -0.4 is 0 Å². The zero-order valence-corrected chi connectivity index (χ0v) is 20.2. The Balaban J connectivity index is 1.47. The normalized spacial score (nSPS) is 15.8. The number of nitrogens with zero attached hydrogens (tertiary/aromatic N) is 3. The minimum Gasteiger partial charge on any atom is -0.354 e. The van der Waals surface area contributed by atoms with Crippen molar-refractivity contribution in [1.29, 1.82) is 0 Å². The van der Waals surface area contributed by atoms with Crippen LogP contribution in [0.4, 0.5) is 0 Å². The maximum Gasteiger partial charge on any atom is 0.146 e. The number of benzene rings is 1. The van der Waals surface area contributed by atoms with Gasteiger partial charge in [-0.05, 0) is 86.1 Å². The summed E-state index contributed by atoms with van der Waals surface area (Å²) in [6, 6.07) is 13.5. The van der Waals surface area contributed by atoms with Crippen molar-refractivity contribution in [3.63, 3.8) is 0 Å². The third kappa shape index (κ3) is 4.22. The van der Waals surface area contributed by atoms with E-state index in [-0.39, 0.29) is 0 Å². The number of carbonyl (C=O) groups is 1. The lowest BCUT2D eigenvalue weighted by Gasteiger charge is -2.31. The van der Waals surface area contributed by atoms with Crippen LogP contribution in [-0.2, 0) is 4.79 Å². The van der Waals surface area contributed by atoms with Crippen LogP contribution in [0.5, 0.6) is 0 Å². The molecular weight excluding hydrogens is 408 g/mol. The molecule has 4 heterocycles. The molecule has 5 nitrogen and oxygen atoms in total. The highest BCUT2D eigenvalue weighted by Crippen LogP contribution is 2.38. The van der Waals surface area contributed by atoms with Crippen LogP contribution in [0.1, 0.15) is 68.7 Å². The summed E-state index contributed by atoms with van der Waals surface area (Å²) in [5.41, 5.74) is 8.59. The molecule has 4 aromatic rings. The fourth-order valence-corrected chi connectivity index (χ4v) is 5.38. The van der Waals surface area contributed by atoms with E-state index in [4.69, 9.17) is 0 Å². The van der Waals surface area contributed by atoms with Gasteiger partial charge in [0.15, 0.2) is 0 Å². The fourth-order valence-electron chi connectivity index (χ4n) is 5.38. The average Bonchev–Trinajstić information content (AvgIpc) is 3.37. The lowest BCUT2D eigenvalue weighted by molar-refractivity contribution is -0.120. The van der Waals surface area contributed by atoms with E-state index in [1.165, 1.54) is 33.3 Å². The Morgan fingerprint density at radius 2 is 1.94 bits per heavy atom. The van der Waals surface area contributed by atoms with E-state index in [1.54, 1.807) is 0 Å². The van der Waals surface area contributed by atoms with Crippen LogP contribution in [0.2, 0.25) is 0 Å². The van der Waals surface area contributed by atoms with E-state index in [9.17, 15) is 4.79 Å². The van der Waals surface area contributed by atoms with E-state index in [0.29, 0.717) is 30.6 Å². The van der Waals surface area contributed by atoms with Gasteiger partial charge in [-0.3, -0.25) is 9.69 Å². The molecule has 33 heavy (non-hydrogen) atoms. The van der Waals surface area contributed by atoms with E-state index < -0.39 is 0 Å². The number of likely N-dealkylation sites (tertiary alicyclic amines) is 1. The van der Waals surface area contributed by atoms with Gasteiger partial charge < -0.3 is 4.98 Å². The van der Waals surface area contributed by atoms with Crippen molar-refractivity contribution in [2.75, 3.05) is 19.6 Å². The van der Waals surface area contributed by atoms with Crippen LogP contribution in [0, 0.1) is 6.92 Å². The minimum absolute atomic E-state index is 0.348. The number of hydrogen-bond acceptors (Lipinski definition) is 3. The maximum atomic E-state index is 11.8. The molecule has 1 aliphatic rings. The van der Waals surface area contributed by atoms with Gasteiger partial charge in [0.25, 0.3) is 0 Å². The Morgan fingerprint density at radius 1 is 1.15 bits per heavy atom. The number of aryl methyl sites for hydroxylation is 1. The Hall–Kier alpha value is -2.92. The van der Waals surface area contributed by atoms with E-state index in [0.717, 1.165) is 37.1 Å². The molecule has 0 aliphatic carbocycles. The topological polar surface area (TPSA) is 53.4 Å². The largest absolute Gasteiger partial charge is 0.354 e. The summed E-state index contributed by atoms with van der Waals surface area (Å²) in [4.78, 5) is 17.9. The van der Waals surface area contributed by atoms with Crippen LogP contribution in [-0.4, -0.2) is 44.9 Å². The van der Waals surface area contributed by atoms with Gasteiger partial charge >= 0.3 is 0 Å². The molecule has 0 bridgehead atoms. The monoisotopic (exact) mass is 442 g/mol. The molecule has 5 heteroatoms. The number of piperidine rings is 1. The standard InChI is InChI=1S/C28H34N4O/c1-5-24(33)17-31-11-8-20(9-12-31)21-6-7-26-25(16-21)27(18(2)3)28(29-26)22-10-13-32-23(15-22)14-19(4)30-32/h6-7,10,13-16,18,20,29H,5,8-9,11-12,17H2,1-4H3. The summed E-state index contributed by atoms with van der Waals surface area (Å²) in [5.74, 6) is 1.32. The highest BCUT2D eigenvalue weighted by Gasteiger charge is 2.23. The third-order valence-corrected chi connectivity index (χ3v) is 7.17. The Morgan fingerprint density at radius 3 is 2.67 bits per heavy atom. The SMILES string of the molecule is CCC(=O)CN1CCC(c2ccc3[nH]c(-c4ccn5nc(C)cc5c4)c(C(C)C)c3c2)CC1. The molecule has 1 aliphatic heterocycles. The number of carbonyl (C=O) groups excluding carboxylic acids is 1. The predicted molar refractivity (Wildman–Crippen MR) is 135 cm³/mol. The summed E-state index contributed by atoms with van der Waals surface area (Å²) < 4.78 is 1.94. The lowest BCUT2D eigenvalue weighted by Crippen LogP contribution is -2.36. The number of aromatic amines is 1. The smallest absolute Gasteiger partial charge is 0.146 e. The molecule has 0 radical (unpaired) electrons. The van der Waals surface area contributed by atoms with Crippen molar-refractivity contribution in [2.45, 2.75) is 58.8 Å². The number of rotatable bonds is 6. The third-order valence-electron chi connectivity index (χ3n) is 7.17. The highest BCUT2D eigenvalue weighted by molar-refractivity contribution is 5.92. The fraction of sp³-hybridized carbons (Fsp3) is 0.429. The van der Waals surface area contributed by atoms with Crippen molar-refractivity contribution in [3.8, 4) is 11.3 Å². The number of Topliss-reactive ketones (excluding diaryl/α,β-unsaturated/α-hetero) is 1. The highest BCUT2D eigenvalue weighted by atomic mass is 16.1. The molecule has 1 saturated heterocycles. The second kappa shape index (κ2) is 8.79. The van der Waals surface area contributed by atoms with Crippen LogP contribution >= 0.6 is 0 Å².